The van der Waals surface area contributed by atoms with Gasteiger partial charge in [-0.05, 0) is 36.2 Å². The van der Waals surface area contributed by atoms with Crippen molar-refractivity contribution in [3.63, 3.8) is 0 Å². The van der Waals surface area contributed by atoms with Gasteiger partial charge in [-0.15, -0.1) is 23.2 Å². The molecule has 0 radical (unpaired) electrons. The Morgan fingerprint density at radius 2 is 2.06 bits per heavy atom. The van der Waals surface area contributed by atoms with Gasteiger partial charge in [0.1, 0.15) is 0 Å². The lowest BCUT2D eigenvalue weighted by Gasteiger charge is -2.06. The number of hydrogen-bond acceptors (Lipinski definition) is 7. The molecule has 7 nitrogen and oxygen atoms in total. The molecule has 2 aromatic carbocycles. The van der Waals surface area contributed by atoms with E-state index in [2.05, 4.69) is 29.1 Å². The van der Waals surface area contributed by atoms with Gasteiger partial charge in [0.15, 0.2) is 10.1 Å². The van der Waals surface area contributed by atoms with E-state index < -0.39 is 16.4 Å². The molecule has 0 fully saturated rings. The summed E-state index contributed by atoms with van der Waals surface area (Å²) in [6.07, 6.45) is 2.80. The Morgan fingerprint density at radius 3 is 2.84 bits per heavy atom. The summed E-state index contributed by atoms with van der Waals surface area (Å²) < 4.78 is 1.94. The third kappa shape index (κ3) is 6.44. The summed E-state index contributed by atoms with van der Waals surface area (Å²) in [5, 5.41) is 23.3. The van der Waals surface area contributed by atoms with Crippen molar-refractivity contribution in [3.8, 4) is 17.6 Å². The number of aromatic nitrogens is 1. The maximum Gasteiger partial charge on any atom is 0.310 e. The smallest absolute Gasteiger partial charge is 0.310 e. The van der Waals surface area contributed by atoms with Gasteiger partial charge in [0, 0.05) is 30.3 Å². The minimum atomic E-state index is -0.679. The third-order valence-electron chi connectivity index (χ3n) is 4.21. The second-order valence-electron chi connectivity index (χ2n) is 6.67. The summed E-state index contributed by atoms with van der Waals surface area (Å²) in [5.41, 5.74) is 1.53. The highest BCUT2D eigenvalue weighted by atomic mass is 32.2. The first-order valence-corrected chi connectivity index (χ1v) is 11.5. The minimum Gasteiger partial charge on any atom is -0.502 e. The van der Waals surface area contributed by atoms with Crippen molar-refractivity contribution in [2.24, 2.45) is 0 Å². The van der Waals surface area contributed by atoms with Crippen LogP contribution >= 0.6 is 23.1 Å². The second kappa shape index (κ2) is 10.8. The first kappa shape index (κ1) is 22.6. The molecule has 9 heteroatoms. The summed E-state index contributed by atoms with van der Waals surface area (Å²) in [4.78, 5) is 27.2. The topological polar surface area (TPSA) is 105 Å². The van der Waals surface area contributed by atoms with Gasteiger partial charge in [-0.2, -0.15) is 0 Å². The zero-order valence-corrected chi connectivity index (χ0v) is 18.5. The van der Waals surface area contributed by atoms with Crippen LogP contribution in [0.5, 0.6) is 5.75 Å². The van der Waals surface area contributed by atoms with Crippen molar-refractivity contribution < 1.29 is 14.8 Å². The van der Waals surface area contributed by atoms with E-state index in [4.69, 9.17) is 0 Å². The summed E-state index contributed by atoms with van der Waals surface area (Å²) in [7, 11) is 0. The number of nitro groups is 1. The molecule has 0 aliphatic rings. The number of nitro benzene ring substituents is 1. The molecule has 0 atom stereocenters. The Hall–Kier alpha value is -3.09. The van der Waals surface area contributed by atoms with Crippen LogP contribution in [0.1, 0.15) is 31.7 Å². The zero-order chi connectivity index (χ0) is 22.2. The number of hydrogen-bond donors (Lipinski definition) is 2. The van der Waals surface area contributed by atoms with E-state index in [0.717, 1.165) is 39.6 Å². The number of amides is 1. The Kier molecular flexibility index (Phi) is 7.87. The van der Waals surface area contributed by atoms with Crippen LogP contribution in [0.3, 0.4) is 0 Å². The largest absolute Gasteiger partial charge is 0.502 e. The molecule has 2 N–H and O–H groups in total. The molecule has 0 aliphatic heterocycles. The van der Waals surface area contributed by atoms with Crippen molar-refractivity contribution >= 4 is 50.6 Å². The quantitative estimate of drug-likeness (QED) is 0.155. The van der Waals surface area contributed by atoms with E-state index in [9.17, 15) is 20.0 Å². The zero-order valence-electron chi connectivity index (χ0n) is 16.9. The van der Waals surface area contributed by atoms with E-state index >= 15 is 0 Å². The van der Waals surface area contributed by atoms with E-state index in [-0.39, 0.29) is 12.3 Å². The van der Waals surface area contributed by atoms with Gasteiger partial charge in [-0.3, -0.25) is 14.9 Å². The van der Waals surface area contributed by atoms with Gasteiger partial charge in [-0.1, -0.05) is 24.8 Å². The van der Waals surface area contributed by atoms with E-state index in [0.29, 0.717) is 11.3 Å². The maximum absolute atomic E-state index is 12.4. The van der Waals surface area contributed by atoms with Gasteiger partial charge in [0.2, 0.25) is 5.91 Å². The summed E-state index contributed by atoms with van der Waals surface area (Å²) in [6, 6.07) is 9.43. The van der Waals surface area contributed by atoms with Crippen molar-refractivity contribution in [2.45, 2.75) is 36.9 Å². The molecule has 1 heterocycles. The van der Waals surface area contributed by atoms with Crippen LogP contribution in [-0.2, 0) is 11.2 Å². The fourth-order valence-electron chi connectivity index (χ4n) is 2.75. The lowest BCUT2D eigenvalue weighted by Crippen LogP contribution is -2.14. The van der Waals surface area contributed by atoms with Gasteiger partial charge in [0.25, 0.3) is 0 Å². The molecule has 0 saturated carbocycles. The predicted octanol–water partition coefficient (Wildman–Crippen LogP) is 5.38. The fourth-order valence-corrected chi connectivity index (χ4v) is 4.78. The van der Waals surface area contributed by atoms with Crippen molar-refractivity contribution in [1.29, 1.82) is 0 Å². The van der Waals surface area contributed by atoms with E-state index in [1.165, 1.54) is 18.2 Å². The molecule has 3 aromatic rings. The summed E-state index contributed by atoms with van der Waals surface area (Å²) in [5.74, 6) is 6.46. The second-order valence-corrected chi connectivity index (χ2v) is 9.04. The van der Waals surface area contributed by atoms with Crippen LogP contribution in [0.2, 0.25) is 0 Å². The molecule has 160 valence electrons. The standard InChI is InChI=1S/C22H21N3O4S2/c1-2-3-4-5-6-11-30-22-24-17-9-8-16(14-20(17)31-22)23-21(27)13-15-7-10-19(26)18(12-15)25(28)29/h7-10,12,14,26H,2-3,6,11,13H2,1H3,(H,23,27). The lowest BCUT2D eigenvalue weighted by atomic mass is 10.1. The number of nitrogens with one attached hydrogen (secondary N) is 1. The third-order valence-corrected chi connectivity index (χ3v) is 6.37. The van der Waals surface area contributed by atoms with Gasteiger partial charge < -0.3 is 10.4 Å². The minimum absolute atomic E-state index is 0.0397. The summed E-state index contributed by atoms with van der Waals surface area (Å²) in [6.45, 7) is 2.11. The number of rotatable bonds is 8. The Bertz CT molecular complexity index is 1160. The molecule has 1 amide bonds. The van der Waals surface area contributed by atoms with Gasteiger partial charge in [-0.25, -0.2) is 4.98 Å². The Balaban J connectivity index is 1.60. The molecule has 0 aliphatic carbocycles. The molecule has 0 saturated heterocycles. The maximum atomic E-state index is 12.4. The highest BCUT2D eigenvalue weighted by Gasteiger charge is 2.15. The lowest BCUT2D eigenvalue weighted by molar-refractivity contribution is -0.385. The monoisotopic (exact) mass is 455 g/mol. The normalized spacial score (nSPS) is 10.5. The van der Waals surface area contributed by atoms with Crippen molar-refractivity contribution in [2.75, 3.05) is 11.1 Å². The van der Waals surface area contributed by atoms with E-state index in [1.54, 1.807) is 29.2 Å². The van der Waals surface area contributed by atoms with Gasteiger partial charge in [0.05, 0.1) is 21.6 Å². The number of nitrogens with zero attached hydrogens (tertiary/aromatic N) is 2. The number of phenolic OH excluding ortho intramolecular Hbond substituents is 1. The average molecular weight is 456 g/mol. The van der Waals surface area contributed by atoms with Crippen LogP contribution in [0, 0.1) is 22.0 Å². The number of fused-ring (bicyclic) bond motifs is 1. The number of carbonyl (C=O) groups is 1. The first-order chi connectivity index (χ1) is 15.0. The number of anilines is 1. The number of thiazole rings is 1. The highest BCUT2D eigenvalue weighted by Crippen LogP contribution is 2.31. The van der Waals surface area contributed by atoms with Crippen LogP contribution in [0.25, 0.3) is 10.2 Å². The molecule has 31 heavy (non-hydrogen) atoms. The summed E-state index contributed by atoms with van der Waals surface area (Å²) >= 11 is 3.24. The van der Waals surface area contributed by atoms with Crippen LogP contribution in [-0.4, -0.2) is 26.7 Å². The average Bonchev–Trinajstić information content (AvgIpc) is 3.13. The Morgan fingerprint density at radius 1 is 1.26 bits per heavy atom. The molecule has 3 rings (SSSR count). The SMILES string of the molecule is CCCC#CCCSc1nc2ccc(NC(=O)Cc3ccc(O)c([N+](=O)[O-])c3)cc2s1. The molecule has 0 bridgehead atoms. The molecule has 0 spiro atoms. The number of unbranched alkanes of at least 4 members (excludes halogenated alkanes) is 1. The fraction of sp³-hybridized carbons (Fsp3) is 0.273. The number of carbonyl (C=O) groups excluding carboxylic acids is 1. The van der Waals surface area contributed by atoms with E-state index in [1.807, 2.05) is 12.1 Å². The Labute approximate surface area is 188 Å². The highest BCUT2D eigenvalue weighted by molar-refractivity contribution is 8.01. The van der Waals surface area contributed by atoms with Crippen LogP contribution in [0.15, 0.2) is 40.7 Å². The van der Waals surface area contributed by atoms with Crippen molar-refractivity contribution in [3.05, 3.63) is 52.1 Å². The first-order valence-electron chi connectivity index (χ1n) is 9.71. The van der Waals surface area contributed by atoms with Crippen LogP contribution in [0.4, 0.5) is 11.4 Å². The van der Waals surface area contributed by atoms with Gasteiger partial charge >= 0.3 is 5.69 Å². The number of phenols is 1. The molecular weight excluding hydrogens is 434 g/mol. The number of thioether (sulfide) groups is 1. The predicted molar refractivity (Wildman–Crippen MR) is 125 cm³/mol. The van der Waals surface area contributed by atoms with Crippen molar-refractivity contribution in [1.82, 2.24) is 4.98 Å². The van der Waals surface area contributed by atoms with Crippen LogP contribution < -0.4 is 5.32 Å². The molecular formula is C22H21N3O4S2. The molecule has 0 unspecified atom stereocenters. The number of aromatic hydroxyl groups is 1. The molecule has 1 aromatic heterocycles. The number of benzene rings is 2.